The minimum absolute atomic E-state index is 0.454. The third-order valence-corrected chi connectivity index (χ3v) is 3.36. The highest BCUT2D eigenvalue weighted by Crippen LogP contribution is 2.27. The zero-order chi connectivity index (χ0) is 13.5. The van der Waals surface area contributed by atoms with Crippen molar-refractivity contribution in [1.29, 1.82) is 0 Å². The van der Waals surface area contributed by atoms with Crippen LogP contribution in [0.3, 0.4) is 0 Å². The van der Waals surface area contributed by atoms with Crippen molar-refractivity contribution >= 4 is 5.57 Å². The molecule has 0 aliphatic rings. The molecule has 1 aromatic rings. The summed E-state index contributed by atoms with van der Waals surface area (Å²) in [6.45, 7) is 13.7. The Morgan fingerprint density at radius 1 is 1.39 bits per heavy atom. The van der Waals surface area contributed by atoms with Crippen LogP contribution in [0.25, 0.3) is 5.57 Å². The second-order valence-corrected chi connectivity index (χ2v) is 4.79. The molecule has 18 heavy (non-hydrogen) atoms. The quantitative estimate of drug-likeness (QED) is 0.773. The molecule has 1 unspecified atom stereocenters. The van der Waals surface area contributed by atoms with Gasteiger partial charge in [0.05, 0.1) is 0 Å². The van der Waals surface area contributed by atoms with E-state index >= 15 is 0 Å². The van der Waals surface area contributed by atoms with Crippen LogP contribution >= 0.6 is 0 Å². The molecule has 1 nitrogen and oxygen atoms in total. The molecule has 1 heteroatoms. The summed E-state index contributed by atoms with van der Waals surface area (Å²) in [6, 6.07) is 8.57. The van der Waals surface area contributed by atoms with Crippen molar-refractivity contribution in [3.8, 4) is 0 Å². The van der Waals surface area contributed by atoms with Crippen molar-refractivity contribution in [1.82, 2.24) is 5.32 Å². The first-order chi connectivity index (χ1) is 8.60. The van der Waals surface area contributed by atoms with Gasteiger partial charge in [-0.05, 0) is 49.8 Å². The lowest BCUT2D eigenvalue weighted by molar-refractivity contribution is 0.632. The van der Waals surface area contributed by atoms with E-state index < -0.39 is 0 Å². The molecule has 1 N–H and O–H groups in total. The van der Waals surface area contributed by atoms with Crippen LogP contribution in [-0.2, 0) is 0 Å². The van der Waals surface area contributed by atoms with Crippen molar-refractivity contribution < 1.29 is 0 Å². The predicted octanol–water partition coefficient (Wildman–Crippen LogP) is 4.55. The molecule has 0 aliphatic carbocycles. The van der Waals surface area contributed by atoms with Crippen LogP contribution in [0.15, 0.2) is 42.6 Å². The first kappa shape index (κ1) is 14.6. The maximum absolute atomic E-state index is 4.11. The molecule has 0 aromatic heterocycles. The van der Waals surface area contributed by atoms with Gasteiger partial charge in [-0.1, -0.05) is 43.8 Å². The van der Waals surface area contributed by atoms with Gasteiger partial charge in [0.15, 0.2) is 0 Å². The van der Waals surface area contributed by atoms with Gasteiger partial charge in [-0.15, -0.1) is 0 Å². The summed E-state index contributed by atoms with van der Waals surface area (Å²) in [4.78, 5) is 0. The maximum Gasteiger partial charge on any atom is 0.0115 e. The topological polar surface area (TPSA) is 12.0 Å². The molecule has 1 atom stereocenters. The molecule has 0 fully saturated rings. The maximum atomic E-state index is 4.11. The zero-order valence-corrected chi connectivity index (χ0v) is 12.1. The van der Waals surface area contributed by atoms with Crippen LogP contribution in [0.5, 0.6) is 0 Å². The zero-order valence-electron chi connectivity index (χ0n) is 12.1. The molecule has 0 saturated carbocycles. The number of allylic oxidation sites excluding steroid dienone is 3. The van der Waals surface area contributed by atoms with Crippen LogP contribution in [0.2, 0.25) is 0 Å². The van der Waals surface area contributed by atoms with Crippen LogP contribution in [0.4, 0.5) is 0 Å². The molecule has 1 rings (SSSR count). The molecular weight excluding hydrogens is 218 g/mol. The Labute approximate surface area is 112 Å². The Balaban J connectivity index is 2.81. The summed E-state index contributed by atoms with van der Waals surface area (Å²) in [6.07, 6.45) is 3.26. The molecule has 0 radical (unpaired) electrons. The smallest absolute Gasteiger partial charge is 0.0115 e. The number of benzene rings is 1. The molecule has 0 amide bonds. The fourth-order valence-corrected chi connectivity index (χ4v) is 2.17. The van der Waals surface area contributed by atoms with Gasteiger partial charge in [-0.2, -0.15) is 0 Å². The van der Waals surface area contributed by atoms with E-state index in [-0.39, 0.29) is 0 Å². The van der Waals surface area contributed by atoms with Gasteiger partial charge in [0.2, 0.25) is 0 Å². The second-order valence-electron chi connectivity index (χ2n) is 4.79. The van der Waals surface area contributed by atoms with Gasteiger partial charge in [-0.25, -0.2) is 0 Å². The van der Waals surface area contributed by atoms with Gasteiger partial charge < -0.3 is 5.32 Å². The number of rotatable bonds is 6. The number of aryl methyl sites for hydroxylation is 1. The fraction of sp³-hybridized carbons (Fsp3) is 0.412. The number of hydrogen-bond donors (Lipinski definition) is 1. The third kappa shape index (κ3) is 3.76. The standard InChI is InChI=1S/C17H25N/c1-6-16(12-14(4)15(5)18-7-2)17-11-9-8-10-13(17)3/h6,8-11,14,18H,5,7,12H2,1-4H3/b16-6-. The Morgan fingerprint density at radius 2 is 2.06 bits per heavy atom. The largest absolute Gasteiger partial charge is 0.389 e. The lowest BCUT2D eigenvalue weighted by atomic mass is 9.91. The van der Waals surface area contributed by atoms with Crippen LogP contribution in [0.1, 0.15) is 38.3 Å². The van der Waals surface area contributed by atoms with E-state index in [0.29, 0.717) is 5.92 Å². The summed E-state index contributed by atoms with van der Waals surface area (Å²) in [5.74, 6) is 0.454. The summed E-state index contributed by atoms with van der Waals surface area (Å²) >= 11 is 0. The predicted molar refractivity (Wildman–Crippen MR) is 81.4 cm³/mol. The summed E-state index contributed by atoms with van der Waals surface area (Å²) in [7, 11) is 0. The molecule has 0 bridgehead atoms. The minimum atomic E-state index is 0.454. The van der Waals surface area contributed by atoms with E-state index in [1.54, 1.807) is 0 Å². The Hall–Kier alpha value is -1.50. The lowest BCUT2D eigenvalue weighted by Gasteiger charge is -2.19. The van der Waals surface area contributed by atoms with Gasteiger partial charge >= 0.3 is 0 Å². The highest BCUT2D eigenvalue weighted by Gasteiger charge is 2.11. The summed E-state index contributed by atoms with van der Waals surface area (Å²) in [5, 5.41) is 3.32. The Kier molecular flexibility index (Phi) is 5.70. The molecule has 98 valence electrons. The first-order valence-electron chi connectivity index (χ1n) is 6.74. The van der Waals surface area contributed by atoms with Gasteiger partial charge in [0.1, 0.15) is 0 Å². The molecule has 0 heterocycles. The van der Waals surface area contributed by atoms with Crippen molar-refractivity contribution in [3.05, 3.63) is 53.7 Å². The van der Waals surface area contributed by atoms with Crippen molar-refractivity contribution in [2.45, 2.75) is 34.1 Å². The van der Waals surface area contributed by atoms with Gasteiger partial charge in [0, 0.05) is 12.2 Å². The van der Waals surface area contributed by atoms with E-state index in [4.69, 9.17) is 0 Å². The summed E-state index contributed by atoms with van der Waals surface area (Å²) in [5.41, 5.74) is 5.23. The average Bonchev–Trinajstić information content (AvgIpc) is 2.37. The van der Waals surface area contributed by atoms with Crippen molar-refractivity contribution in [2.75, 3.05) is 6.54 Å². The van der Waals surface area contributed by atoms with Crippen LogP contribution in [0, 0.1) is 12.8 Å². The van der Waals surface area contributed by atoms with Crippen LogP contribution < -0.4 is 5.32 Å². The highest BCUT2D eigenvalue weighted by atomic mass is 14.9. The molecule has 0 aliphatic heterocycles. The lowest BCUT2D eigenvalue weighted by Crippen LogP contribution is -2.17. The molecule has 1 aromatic carbocycles. The van der Waals surface area contributed by atoms with E-state index in [0.717, 1.165) is 18.7 Å². The Bertz CT molecular complexity index is 429. The SMILES string of the molecule is C=C(NCC)C(C)C/C(=C/C)c1ccccc1C. The normalized spacial score (nSPS) is 13.2. The third-order valence-electron chi connectivity index (χ3n) is 3.36. The van der Waals surface area contributed by atoms with Crippen molar-refractivity contribution in [2.24, 2.45) is 5.92 Å². The van der Waals surface area contributed by atoms with Crippen LogP contribution in [-0.4, -0.2) is 6.54 Å². The second kappa shape index (κ2) is 7.05. The van der Waals surface area contributed by atoms with Gasteiger partial charge in [-0.3, -0.25) is 0 Å². The number of nitrogens with one attached hydrogen (secondary N) is 1. The Morgan fingerprint density at radius 3 is 2.61 bits per heavy atom. The van der Waals surface area contributed by atoms with E-state index in [9.17, 15) is 0 Å². The first-order valence-corrected chi connectivity index (χ1v) is 6.74. The van der Waals surface area contributed by atoms with E-state index in [2.05, 4.69) is 69.9 Å². The summed E-state index contributed by atoms with van der Waals surface area (Å²) < 4.78 is 0. The molecule has 0 saturated heterocycles. The number of hydrogen-bond acceptors (Lipinski definition) is 1. The minimum Gasteiger partial charge on any atom is -0.389 e. The monoisotopic (exact) mass is 243 g/mol. The van der Waals surface area contributed by atoms with E-state index in [1.165, 1.54) is 16.7 Å². The average molecular weight is 243 g/mol. The van der Waals surface area contributed by atoms with Gasteiger partial charge in [0.25, 0.3) is 0 Å². The fourth-order valence-electron chi connectivity index (χ4n) is 2.17. The highest BCUT2D eigenvalue weighted by molar-refractivity contribution is 5.68. The van der Waals surface area contributed by atoms with Crippen molar-refractivity contribution in [3.63, 3.8) is 0 Å². The van der Waals surface area contributed by atoms with E-state index in [1.807, 2.05) is 0 Å². The molecule has 0 spiro atoms. The molecular formula is C17H25N.